The molecule has 0 fully saturated rings. The van der Waals surface area contributed by atoms with Crippen molar-refractivity contribution in [3.63, 3.8) is 0 Å². The van der Waals surface area contributed by atoms with Crippen molar-refractivity contribution in [2.45, 2.75) is 18.4 Å². The zero-order chi connectivity index (χ0) is 11.9. The number of benzene rings is 2. The third-order valence-corrected chi connectivity index (χ3v) is 3.54. The van der Waals surface area contributed by atoms with E-state index in [1.807, 2.05) is 24.3 Å². The molecule has 0 spiro atoms. The van der Waals surface area contributed by atoms with Gasteiger partial charge in [0.05, 0.1) is 0 Å². The highest BCUT2D eigenvalue weighted by Crippen LogP contribution is 2.42. The van der Waals surface area contributed by atoms with E-state index in [0.29, 0.717) is 6.42 Å². The summed E-state index contributed by atoms with van der Waals surface area (Å²) in [5.41, 5.74) is 1.97. The van der Waals surface area contributed by atoms with Crippen LogP contribution in [0.1, 0.15) is 23.1 Å². The van der Waals surface area contributed by atoms with E-state index in [2.05, 4.69) is 6.07 Å². The van der Waals surface area contributed by atoms with Crippen LogP contribution in [0.25, 0.3) is 0 Å². The lowest BCUT2D eigenvalue weighted by Crippen LogP contribution is -2.23. The largest absolute Gasteiger partial charge is 0.508 e. The summed E-state index contributed by atoms with van der Waals surface area (Å²) in [5.74, 6) is 0.195. The van der Waals surface area contributed by atoms with E-state index < -0.39 is 5.60 Å². The van der Waals surface area contributed by atoms with Gasteiger partial charge in [0.2, 0.25) is 0 Å². The third-order valence-electron chi connectivity index (χ3n) is 3.54. The molecule has 2 heteroatoms. The first-order chi connectivity index (χ1) is 8.20. The molecule has 2 N–H and O–H groups in total. The van der Waals surface area contributed by atoms with Gasteiger partial charge >= 0.3 is 0 Å². The normalized spacial score (nSPS) is 22.4. The molecule has 0 amide bonds. The maximum atomic E-state index is 10.8. The topological polar surface area (TPSA) is 40.5 Å². The number of fused-ring (bicyclic) bond motifs is 1. The summed E-state index contributed by atoms with van der Waals surface area (Å²) >= 11 is 0. The number of aryl methyl sites for hydroxylation is 1. The van der Waals surface area contributed by atoms with Crippen molar-refractivity contribution in [1.29, 1.82) is 0 Å². The van der Waals surface area contributed by atoms with Crippen molar-refractivity contribution in [3.8, 4) is 5.75 Å². The van der Waals surface area contributed by atoms with Crippen LogP contribution in [0.4, 0.5) is 0 Å². The average Bonchev–Trinajstić information content (AvgIpc) is 2.69. The van der Waals surface area contributed by atoms with Crippen molar-refractivity contribution in [1.82, 2.24) is 0 Å². The summed E-state index contributed by atoms with van der Waals surface area (Å²) in [6.07, 6.45) is 1.55. The maximum Gasteiger partial charge on any atom is 0.115 e. The summed E-state index contributed by atoms with van der Waals surface area (Å²) in [7, 11) is 0. The summed E-state index contributed by atoms with van der Waals surface area (Å²) in [4.78, 5) is 0. The standard InChI is InChI=1S/C15H14O2/c16-13-6-3-5-12(10-13)15(17)9-8-11-4-1-2-7-14(11)15/h1-7,10,16-17H,8-9H2. The first-order valence-corrected chi connectivity index (χ1v) is 5.80. The molecule has 2 nitrogen and oxygen atoms in total. The molecule has 0 saturated carbocycles. The Kier molecular flexibility index (Phi) is 2.20. The Morgan fingerprint density at radius 2 is 1.82 bits per heavy atom. The predicted octanol–water partition coefficient (Wildman–Crippen LogP) is 2.57. The molecule has 0 saturated heterocycles. The molecule has 0 aromatic heterocycles. The fraction of sp³-hybridized carbons (Fsp3) is 0.200. The summed E-state index contributed by atoms with van der Waals surface area (Å²) in [6, 6.07) is 14.8. The Bertz CT molecular complexity index is 562. The van der Waals surface area contributed by atoms with Crippen LogP contribution in [0.5, 0.6) is 5.75 Å². The number of aliphatic hydroxyl groups is 1. The average molecular weight is 226 g/mol. The quantitative estimate of drug-likeness (QED) is 0.784. The Balaban J connectivity index is 2.15. The molecule has 0 bridgehead atoms. The highest BCUT2D eigenvalue weighted by Gasteiger charge is 2.37. The SMILES string of the molecule is Oc1cccc(C2(O)CCc3ccccc32)c1. The smallest absolute Gasteiger partial charge is 0.115 e. The second-order valence-corrected chi connectivity index (χ2v) is 4.57. The second-order valence-electron chi connectivity index (χ2n) is 4.57. The zero-order valence-electron chi connectivity index (χ0n) is 9.43. The molecule has 0 aliphatic heterocycles. The van der Waals surface area contributed by atoms with E-state index in [9.17, 15) is 10.2 Å². The molecule has 1 aliphatic rings. The fourth-order valence-electron chi connectivity index (χ4n) is 2.66. The summed E-state index contributed by atoms with van der Waals surface area (Å²) in [5, 5.41) is 20.4. The van der Waals surface area contributed by atoms with E-state index in [-0.39, 0.29) is 5.75 Å². The first-order valence-electron chi connectivity index (χ1n) is 5.80. The number of aromatic hydroxyl groups is 1. The van der Waals surface area contributed by atoms with Gasteiger partial charge in [-0.1, -0.05) is 36.4 Å². The number of phenolic OH excluding ortho intramolecular Hbond substituents is 1. The van der Waals surface area contributed by atoms with Gasteiger partial charge in [0.25, 0.3) is 0 Å². The number of rotatable bonds is 1. The second kappa shape index (κ2) is 3.60. The Hall–Kier alpha value is -1.80. The number of phenols is 1. The molecule has 17 heavy (non-hydrogen) atoms. The maximum absolute atomic E-state index is 10.8. The van der Waals surface area contributed by atoms with Gasteiger partial charge in [-0.15, -0.1) is 0 Å². The lowest BCUT2D eigenvalue weighted by molar-refractivity contribution is 0.0827. The molecule has 2 aromatic carbocycles. The van der Waals surface area contributed by atoms with E-state index >= 15 is 0 Å². The predicted molar refractivity (Wildman–Crippen MR) is 65.9 cm³/mol. The lowest BCUT2D eigenvalue weighted by Gasteiger charge is -2.24. The van der Waals surface area contributed by atoms with Crippen LogP contribution in [-0.2, 0) is 12.0 Å². The van der Waals surface area contributed by atoms with Crippen molar-refractivity contribution in [3.05, 3.63) is 65.2 Å². The van der Waals surface area contributed by atoms with Gasteiger partial charge in [0, 0.05) is 0 Å². The molecule has 1 aliphatic carbocycles. The van der Waals surface area contributed by atoms with E-state index in [0.717, 1.165) is 17.5 Å². The van der Waals surface area contributed by atoms with E-state index in [1.165, 1.54) is 5.56 Å². The monoisotopic (exact) mass is 226 g/mol. The van der Waals surface area contributed by atoms with Crippen LogP contribution in [0.15, 0.2) is 48.5 Å². The minimum atomic E-state index is -0.949. The fourth-order valence-corrected chi connectivity index (χ4v) is 2.66. The molecule has 1 unspecified atom stereocenters. The van der Waals surface area contributed by atoms with E-state index in [4.69, 9.17) is 0 Å². The van der Waals surface area contributed by atoms with Crippen molar-refractivity contribution >= 4 is 0 Å². The molecule has 0 heterocycles. The van der Waals surface area contributed by atoms with Crippen LogP contribution in [0, 0.1) is 0 Å². The number of hydrogen-bond acceptors (Lipinski definition) is 2. The molecule has 3 rings (SSSR count). The Labute approximate surface area is 100 Å². The van der Waals surface area contributed by atoms with Crippen molar-refractivity contribution < 1.29 is 10.2 Å². The Morgan fingerprint density at radius 3 is 2.65 bits per heavy atom. The van der Waals surface area contributed by atoms with Gasteiger partial charge in [-0.25, -0.2) is 0 Å². The van der Waals surface area contributed by atoms with E-state index in [1.54, 1.807) is 18.2 Å². The van der Waals surface area contributed by atoms with Crippen molar-refractivity contribution in [2.75, 3.05) is 0 Å². The molecule has 86 valence electrons. The van der Waals surface area contributed by atoms with Crippen LogP contribution in [-0.4, -0.2) is 10.2 Å². The third kappa shape index (κ3) is 1.53. The van der Waals surface area contributed by atoms with Gasteiger partial charge in [-0.3, -0.25) is 0 Å². The van der Waals surface area contributed by atoms with Gasteiger partial charge in [-0.05, 0) is 41.7 Å². The van der Waals surface area contributed by atoms with Gasteiger partial charge in [-0.2, -0.15) is 0 Å². The van der Waals surface area contributed by atoms with Crippen molar-refractivity contribution in [2.24, 2.45) is 0 Å². The van der Waals surface area contributed by atoms with Crippen LogP contribution in [0.3, 0.4) is 0 Å². The van der Waals surface area contributed by atoms with Crippen LogP contribution in [0.2, 0.25) is 0 Å². The van der Waals surface area contributed by atoms with Gasteiger partial charge < -0.3 is 10.2 Å². The minimum Gasteiger partial charge on any atom is -0.508 e. The van der Waals surface area contributed by atoms with Gasteiger partial charge in [0.1, 0.15) is 11.4 Å². The highest BCUT2D eigenvalue weighted by molar-refractivity contribution is 5.46. The van der Waals surface area contributed by atoms with Crippen LogP contribution >= 0.6 is 0 Å². The lowest BCUT2D eigenvalue weighted by atomic mass is 9.88. The summed E-state index contributed by atoms with van der Waals surface area (Å²) < 4.78 is 0. The minimum absolute atomic E-state index is 0.195. The number of hydrogen-bond donors (Lipinski definition) is 2. The molecular weight excluding hydrogens is 212 g/mol. The molecule has 2 aromatic rings. The van der Waals surface area contributed by atoms with Gasteiger partial charge in [0.15, 0.2) is 0 Å². The first kappa shape index (κ1) is 10.4. The molecule has 1 atom stereocenters. The zero-order valence-corrected chi connectivity index (χ0v) is 9.43. The summed E-state index contributed by atoms with van der Waals surface area (Å²) in [6.45, 7) is 0. The molecule has 0 radical (unpaired) electrons. The Morgan fingerprint density at radius 1 is 1.00 bits per heavy atom. The van der Waals surface area contributed by atoms with Crippen LogP contribution < -0.4 is 0 Å². The highest BCUT2D eigenvalue weighted by atomic mass is 16.3. The molecular formula is C15H14O2.